The summed E-state index contributed by atoms with van der Waals surface area (Å²) in [6.07, 6.45) is 0.760. The molecule has 0 radical (unpaired) electrons. The molecule has 0 aromatic heterocycles. The van der Waals surface area contributed by atoms with Crippen molar-refractivity contribution in [2.45, 2.75) is 32.7 Å². The normalized spacial score (nSPS) is 12.5. The fraction of sp³-hybridized carbons (Fsp3) is 0.750. The van der Waals surface area contributed by atoms with Gasteiger partial charge >= 0.3 is 0 Å². The Hall–Kier alpha value is -0.900. The third kappa shape index (κ3) is 4.85. The van der Waals surface area contributed by atoms with Gasteiger partial charge in [-0.05, 0) is 19.9 Å². The van der Waals surface area contributed by atoms with Gasteiger partial charge in [0.1, 0.15) is 5.78 Å². The molecule has 3 N–H and O–H groups in total. The van der Waals surface area contributed by atoms with Crippen LogP contribution in [0.5, 0.6) is 0 Å². The quantitative estimate of drug-likeness (QED) is 0.583. The number of Topliss-reactive ketones (excluding diaryl/α,β-unsaturated/α-hetero) is 1. The molecule has 0 fully saturated rings. The van der Waals surface area contributed by atoms with Crippen LogP contribution in [0, 0.1) is 0 Å². The first-order valence-corrected chi connectivity index (χ1v) is 4.10. The summed E-state index contributed by atoms with van der Waals surface area (Å²) in [7, 11) is 0. The highest BCUT2D eigenvalue weighted by molar-refractivity contribution is 5.82. The van der Waals surface area contributed by atoms with Crippen LogP contribution in [-0.4, -0.2) is 24.3 Å². The van der Waals surface area contributed by atoms with Gasteiger partial charge in [0.25, 0.3) is 0 Å². The number of nitrogens with one attached hydrogen (secondary N) is 1. The molecule has 0 saturated carbocycles. The minimum atomic E-state index is -0.362. The van der Waals surface area contributed by atoms with Gasteiger partial charge in [-0.15, -0.1) is 0 Å². The molecular weight excluding hydrogens is 156 g/mol. The highest BCUT2D eigenvalue weighted by Crippen LogP contribution is 1.97. The molecule has 0 unspecified atom stereocenters. The van der Waals surface area contributed by atoms with Crippen LogP contribution in [0.4, 0.5) is 0 Å². The SMILES string of the molecule is CCN[C@@H](CCC(N)=O)C(C)=O. The van der Waals surface area contributed by atoms with Gasteiger partial charge in [0.2, 0.25) is 5.91 Å². The van der Waals surface area contributed by atoms with E-state index in [2.05, 4.69) is 5.32 Å². The number of rotatable bonds is 6. The molecule has 0 aromatic carbocycles. The second-order valence-electron chi connectivity index (χ2n) is 2.73. The third-order valence-corrected chi connectivity index (χ3v) is 1.62. The number of hydrogen-bond donors (Lipinski definition) is 2. The van der Waals surface area contributed by atoms with Crippen LogP contribution in [-0.2, 0) is 9.59 Å². The topological polar surface area (TPSA) is 72.2 Å². The van der Waals surface area contributed by atoms with E-state index in [4.69, 9.17) is 5.73 Å². The average Bonchev–Trinajstić information content (AvgIpc) is 1.96. The number of ketones is 1. The molecular formula is C8H16N2O2. The lowest BCUT2D eigenvalue weighted by atomic mass is 10.1. The molecule has 70 valence electrons. The maximum atomic E-state index is 10.9. The van der Waals surface area contributed by atoms with Crippen LogP contribution in [0.15, 0.2) is 0 Å². The predicted molar refractivity (Wildman–Crippen MR) is 46.6 cm³/mol. The zero-order valence-corrected chi connectivity index (χ0v) is 7.59. The fourth-order valence-corrected chi connectivity index (χ4v) is 0.982. The van der Waals surface area contributed by atoms with E-state index in [0.717, 1.165) is 6.54 Å². The lowest BCUT2D eigenvalue weighted by Gasteiger charge is -2.12. The number of carbonyl (C=O) groups is 2. The summed E-state index contributed by atoms with van der Waals surface area (Å²) in [5.41, 5.74) is 4.96. The molecule has 1 atom stereocenters. The maximum absolute atomic E-state index is 10.9. The summed E-state index contributed by atoms with van der Waals surface area (Å²) in [5, 5.41) is 2.98. The molecule has 0 bridgehead atoms. The Balaban J connectivity index is 3.79. The second kappa shape index (κ2) is 5.71. The number of carbonyl (C=O) groups excluding carboxylic acids is 2. The number of primary amides is 1. The van der Waals surface area contributed by atoms with E-state index in [1.807, 2.05) is 6.92 Å². The van der Waals surface area contributed by atoms with E-state index in [-0.39, 0.29) is 24.2 Å². The molecule has 0 aliphatic heterocycles. The standard InChI is InChI=1S/C8H16N2O2/c1-3-10-7(6(2)11)4-5-8(9)12/h7,10H,3-5H2,1-2H3,(H2,9,12)/t7-/m0/s1. The summed E-state index contributed by atoms with van der Waals surface area (Å²) in [5.74, 6) is -0.308. The largest absolute Gasteiger partial charge is 0.370 e. The monoisotopic (exact) mass is 172 g/mol. The van der Waals surface area contributed by atoms with Crippen molar-refractivity contribution in [2.24, 2.45) is 5.73 Å². The summed E-state index contributed by atoms with van der Waals surface area (Å²) in [6, 6.07) is -0.220. The zero-order chi connectivity index (χ0) is 9.56. The smallest absolute Gasteiger partial charge is 0.217 e. The summed E-state index contributed by atoms with van der Waals surface area (Å²) >= 11 is 0. The van der Waals surface area contributed by atoms with Crippen molar-refractivity contribution in [1.29, 1.82) is 0 Å². The Morgan fingerprint density at radius 1 is 1.50 bits per heavy atom. The van der Waals surface area contributed by atoms with Gasteiger partial charge in [-0.25, -0.2) is 0 Å². The molecule has 12 heavy (non-hydrogen) atoms. The van der Waals surface area contributed by atoms with E-state index < -0.39 is 0 Å². The Kier molecular flexibility index (Phi) is 5.28. The van der Waals surface area contributed by atoms with Gasteiger partial charge in [0.05, 0.1) is 6.04 Å². The summed E-state index contributed by atoms with van der Waals surface area (Å²) < 4.78 is 0. The van der Waals surface area contributed by atoms with Crippen LogP contribution >= 0.6 is 0 Å². The molecule has 0 spiro atoms. The van der Waals surface area contributed by atoms with Crippen LogP contribution in [0.1, 0.15) is 26.7 Å². The molecule has 1 amide bonds. The Morgan fingerprint density at radius 3 is 2.42 bits per heavy atom. The van der Waals surface area contributed by atoms with Crippen LogP contribution < -0.4 is 11.1 Å². The van der Waals surface area contributed by atoms with Crippen molar-refractivity contribution in [2.75, 3.05) is 6.54 Å². The molecule has 0 rings (SSSR count). The number of hydrogen-bond acceptors (Lipinski definition) is 3. The van der Waals surface area contributed by atoms with Crippen LogP contribution in [0.2, 0.25) is 0 Å². The summed E-state index contributed by atoms with van der Waals surface area (Å²) in [4.78, 5) is 21.3. The number of likely N-dealkylation sites (N-methyl/N-ethyl adjacent to an activating group) is 1. The molecule has 0 aliphatic carbocycles. The third-order valence-electron chi connectivity index (χ3n) is 1.62. The van der Waals surface area contributed by atoms with Gasteiger partial charge in [-0.1, -0.05) is 6.92 Å². The van der Waals surface area contributed by atoms with Crippen molar-refractivity contribution in [3.63, 3.8) is 0 Å². The lowest BCUT2D eigenvalue weighted by molar-refractivity contribution is -0.120. The van der Waals surface area contributed by atoms with Gasteiger partial charge in [-0.2, -0.15) is 0 Å². The first-order chi connectivity index (χ1) is 5.57. The van der Waals surface area contributed by atoms with Crippen LogP contribution in [0.3, 0.4) is 0 Å². The predicted octanol–water partition coefficient (Wildman–Crippen LogP) is -0.181. The van der Waals surface area contributed by atoms with Gasteiger partial charge in [0.15, 0.2) is 0 Å². The highest BCUT2D eigenvalue weighted by atomic mass is 16.1. The number of amides is 1. The first kappa shape index (κ1) is 11.1. The van der Waals surface area contributed by atoms with Crippen molar-refractivity contribution >= 4 is 11.7 Å². The average molecular weight is 172 g/mol. The van der Waals surface area contributed by atoms with Crippen molar-refractivity contribution in [3.8, 4) is 0 Å². The first-order valence-electron chi connectivity index (χ1n) is 4.10. The van der Waals surface area contributed by atoms with E-state index in [1.54, 1.807) is 0 Å². The molecule has 4 heteroatoms. The fourth-order valence-electron chi connectivity index (χ4n) is 0.982. The van der Waals surface area contributed by atoms with Crippen molar-refractivity contribution in [1.82, 2.24) is 5.32 Å². The Labute approximate surface area is 72.5 Å². The van der Waals surface area contributed by atoms with E-state index in [0.29, 0.717) is 6.42 Å². The maximum Gasteiger partial charge on any atom is 0.217 e. The molecule has 0 aliphatic rings. The van der Waals surface area contributed by atoms with Crippen molar-refractivity contribution in [3.05, 3.63) is 0 Å². The van der Waals surface area contributed by atoms with Crippen LogP contribution in [0.25, 0.3) is 0 Å². The summed E-state index contributed by atoms with van der Waals surface area (Å²) in [6.45, 7) is 4.15. The molecule has 0 saturated heterocycles. The van der Waals surface area contributed by atoms with Gasteiger partial charge in [0, 0.05) is 6.42 Å². The minimum Gasteiger partial charge on any atom is -0.370 e. The Morgan fingerprint density at radius 2 is 2.08 bits per heavy atom. The highest BCUT2D eigenvalue weighted by Gasteiger charge is 2.12. The Bertz CT molecular complexity index is 168. The molecule has 0 heterocycles. The van der Waals surface area contributed by atoms with Gasteiger partial charge in [-0.3, -0.25) is 9.59 Å². The minimum absolute atomic E-state index is 0.0538. The lowest BCUT2D eigenvalue weighted by Crippen LogP contribution is -2.36. The zero-order valence-electron chi connectivity index (χ0n) is 7.59. The second-order valence-corrected chi connectivity index (χ2v) is 2.73. The molecule has 0 aromatic rings. The van der Waals surface area contributed by atoms with E-state index >= 15 is 0 Å². The molecule has 4 nitrogen and oxygen atoms in total. The van der Waals surface area contributed by atoms with E-state index in [9.17, 15) is 9.59 Å². The number of nitrogens with two attached hydrogens (primary N) is 1. The van der Waals surface area contributed by atoms with Crippen molar-refractivity contribution < 1.29 is 9.59 Å². The van der Waals surface area contributed by atoms with E-state index in [1.165, 1.54) is 6.92 Å². The van der Waals surface area contributed by atoms with Gasteiger partial charge < -0.3 is 11.1 Å².